The summed E-state index contributed by atoms with van der Waals surface area (Å²) in [7, 11) is 0. The standard InChI is InChI=1S/C14H21F2NOS/c1-9(2)6-17-7-11-4-12(15)14(13(16)5-11)19-10(3)8-18/h4-5,9-10,17-18H,6-8H2,1-3H3. The second-order valence-electron chi connectivity index (χ2n) is 5.02. The molecule has 1 rings (SSSR count). The quantitative estimate of drug-likeness (QED) is 0.756. The zero-order valence-corrected chi connectivity index (χ0v) is 12.4. The highest BCUT2D eigenvalue weighted by Crippen LogP contribution is 2.29. The monoisotopic (exact) mass is 289 g/mol. The molecule has 0 radical (unpaired) electrons. The van der Waals surface area contributed by atoms with E-state index in [0.717, 1.165) is 18.3 Å². The Kier molecular flexibility index (Phi) is 6.75. The lowest BCUT2D eigenvalue weighted by molar-refractivity contribution is 0.300. The third-order valence-corrected chi connectivity index (χ3v) is 3.69. The fourth-order valence-corrected chi connectivity index (χ4v) is 2.39. The minimum Gasteiger partial charge on any atom is -0.395 e. The summed E-state index contributed by atoms with van der Waals surface area (Å²) in [6.45, 7) is 7.02. The van der Waals surface area contributed by atoms with Crippen LogP contribution in [0, 0.1) is 17.6 Å². The van der Waals surface area contributed by atoms with Crippen LogP contribution in [-0.4, -0.2) is 23.5 Å². The molecule has 2 nitrogen and oxygen atoms in total. The van der Waals surface area contributed by atoms with E-state index < -0.39 is 11.6 Å². The van der Waals surface area contributed by atoms with E-state index in [-0.39, 0.29) is 16.8 Å². The van der Waals surface area contributed by atoms with Crippen molar-refractivity contribution in [3.63, 3.8) is 0 Å². The summed E-state index contributed by atoms with van der Waals surface area (Å²) < 4.78 is 27.6. The van der Waals surface area contributed by atoms with Crippen LogP contribution in [0.25, 0.3) is 0 Å². The summed E-state index contributed by atoms with van der Waals surface area (Å²) in [6.07, 6.45) is 0. The van der Waals surface area contributed by atoms with Crippen LogP contribution >= 0.6 is 11.8 Å². The van der Waals surface area contributed by atoms with Crippen LogP contribution in [0.4, 0.5) is 8.78 Å². The van der Waals surface area contributed by atoms with Crippen molar-refractivity contribution in [1.82, 2.24) is 5.32 Å². The Morgan fingerprint density at radius 3 is 2.26 bits per heavy atom. The highest BCUT2D eigenvalue weighted by Gasteiger charge is 2.14. The van der Waals surface area contributed by atoms with Gasteiger partial charge in [0.05, 0.1) is 11.5 Å². The number of benzene rings is 1. The van der Waals surface area contributed by atoms with E-state index in [4.69, 9.17) is 5.11 Å². The number of hydrogen-bond donors (Lipinski definition) is 2. The van der Waals surface area contributed by atoms with Crippen molar-refractivity contribution in [2.45, 2.75) is 37.5 Å². The van der Waals surface area contributed by atoms with E-state index in [1.807, 2.05) is 0 Å². The molecule has 108 valence electrons. The Bertz CT molecular complexity index is 389. The van der Waals surface area contributed by atoms with E-state index in [0.29, 0.717) is 18.0 Å². The minimum absolute atomic E-state index is 0.0193. The lowest BCUT2D eigenvalue weighted by Gasteiger charge is -2.12. The molecule has 1 aromatic carbocycles. The van der Waals surface area contributed by atoms with Crippen LogP contribution in [0.15, 0.2) is 17.0 Å². The first kappa shape index (κ1) is 16.4. The smallest absolute Gasteiger partial charge is 0.140 e. The lowest BCUT2D eigenvalue weighted by atomic mass is 10.2. The second-order valence-corrected chi connectivity index (χ2v) is 6.47. The maximum absolute atomic E-state index is 13.8. The van der Waals surface area contributed by atoms with Crippen molar-refractivity contribution in [2.24, 2.45) is 5.92 Å². The molecule has 0 aliphatic carbocycles. The Balaban J connectivity index is 2.73. The fourth-order valence-electron chi connectivity index (χ4n) is 1.57. The van der Waals surface area contributed by atoms with Crippen LogP contribution in [0.1, 0.15) is 26.3 Å². The number of thioether (sulfide) groups is 1. The molecule has 0 aliphatic heterocycles. The number of rotatable bonds is 7. The van der Waals surface area contributed by atoms with Gasteiger partial charge in [0.25, 0.3) is 0 Å². The number of hydrogen-bond acceptors (Lipinski definition) is 3. The normalized spacial score (nSPS) is 13.0. The van der Waals surface area contributed by atoms with Gasteiger partial charge in [-0.15, -0.1) is 11.8 Å². The summed E-state index contributed by atoms with van der Waals surface area (Å²) in [5.41, 5.74) is 0.594. The number of aliphatic hydroxyl groups excluding tert-OH is 1. The van der Waals surface area contributed by atoms with E-state index >= 15 is 0 Å². The molecule has 0 bridgehead atoms. The van der Waals surface area contributed by atoms with Crippen LogP contribution in [0.2, 0.25) is 0 Å². The van der Waals surface area contributed by atoms with E-state index in [9.17, 15) is 8.78 Å². The Hall–Kier alpha value is -0.650. The molecule has 0 aromatic heterocycles. The summed E-state index contributed by atoms with van der Waals surface area (Å²) in [4.78, 5) is -0.0193. The molecule has 0 fully saturated rings. The Morgan fingerprint density at radius 2 is 1.79 bits per heavy atom. The van der Waals surface area contributed by atoms with Crippen molar-refractivity contribution in [3.05, 3.63) is 29.3 Å². The molecule has 5 heteroatoms. The molecule has 1 atom stereocenters. The number of halogens is 2. The summed E-state index contributed by atoms with van der Waals surface area (Å²) in [5.74, 6) is -0.631. The molecule has 0 saturated heterocycles. The zero-order chi connectivity index (χ0) is 14.4. The Labute approximate surface area is 117 Å². The van der Waals surface area contributed by atoms with Crippen molar-refractivity contribution >= 4 is 11.8 Å². The van der Waals surface area contributed by atoms with Crippen molar-refractivity contribution < 1.29 is 13.9 Å². The molecule has 0 aliphatic rings. The maximum atomic E-state index is 13.8. The highest BCUT2D eigenvalue weighted by molar-refractivity contribution is 8.00. The second kappa shape index (κ2) is 7.82. The van der Waals surface area contributed by atoms with Crippen LogP contribution < -0.4 is 5.32 Å². The third kappa shape index (κ3) is 5.47. The Morgan fingerprint density at radius 1 is 1.21 bits per heavy atom. The van der Waals surface area contributed by atoms with Gasteiger partial charge in [-0.2, -0.15) is 0 Å². The van der Waals surface area contributed by atoms with E-state index in [1.165, 1.54) is 12.1 Å². The van der Waals surface area contributed by atoms with E-state index in [2.05, 4.69) is 19.2 Å². The average Bonchev–Trinajstić information content (AvgIpc) is 2.33. The summed E-state index contributed by atoms with van der Waals surface area (Å²) in [5, 5.41) is 11.8. The van der Waals surface area contributed by atoms with Gasteiger partial charge in [-0.05, 0) is 30.2 Å². The summed E-state index contributed by atoms with van der Waals surface area (Å²) >= 11 is 1.01. The number of nitrogens with one attached hydrogen (secondary N) is 1. The molecule has 0 saturated carbocycles. The van der Waals surface area contributed by atoms with Gasteiger partial charge in [-0.25, -0.2) is 8.78 Å². The highest BCUT2D eigenvalue weighted by atomic mass is 32.2. The van der Waals surface area contributed by atoms with Gasteiger partial charge in [0.15, 0.2) is 0 Å². The molecule has 2 N–H and O–H groups in total. The van der Waals surface area contributed by atoms with E-state index in [1.54, 1.807) is 6.92 Å². The molecule has 0 amide bonds. The largest absolute Gasteiger partial charge is 0.395 e. The van der Waals surface area contributed by atoms with Crippen LogP contribution in [0.3, 0.4) is 0 Å². The van der Waals surface area contributed by atoms with Gasteiger partial charge in [0, 0.05) is 11.8 Å². The van der Waals surface area contributed by atoms with Gasteiger partial charge in [0.1, 0.15) is 11.6 Å². The zero-order valence-electron chi connectivity index (χ0n) is 11.5. The van der Waals surface area contributed by atoms with Crippen molar-refractivity contribution in [2.75, 3.05) is 13.2 Å². The first-order valence-electron chi connectivity index (χ1n) is 6.40. The molecule has 1 aromatic rings. The predicted molar refractivity (Wildman–Crippen MR) is 75.3 cm³/mol. The van der Waals surface area contributed by atoms with Gasteiger partial charge in [0.2, 0.25) is 0 Å². The van der Waals surface area contributed by atoms with Gasteiger partial charge in [-0.1, -0.05) is 20.8 Å². The third-order valence-electron chi connectivity index (χ3n) is 2.52. The molecular weight excluding hydrogens is 268 g/mol. The molecule has 1 unspecified atom stereocenters. The topological polar surface area (TPSA) is 32.3 Å². The maximum Gasteiger partial charge on any atom is 0.140 e. The van der Waals surface area contributed by atoms with Crippen molar-refractivity contribution in [3.8, 4) is 0 Å². The SMILES string of the molecule is CC(C)CNCc1cc(F)c(SC(C)CO)c(F)c1. The number of aliphatic hydroxyl groups is 1. The van der Waals surface area contributed by atoms with Crippen molar-refractivity contribution in [1.29, 1.82) is 0 Å². The minimum atomic E-state index is -0.563. The first-order chi connectivity index (χ1) is 8.93. The van der Waals surface area contributed by atoms with Gasteiger partial charge in [-0.3, -0.25) is 0 Å². The van der Waals surface area contributed by atoms with Gasteiger partial charge < -0.3 is 10.4 Å². The molecular formula is C14H21F2NOS. The lowest BCUT2D eigenvalue weighted by Crippen LogP contribution is -2.19. The van der Waals surface area contributed by atoms with Crippen LogP contribution in [-0.2, 0) is 6.54 Å². The molecule has 0 spiro atoms. The summed E-state index contributed by atoms with van der Waals surface area (Å²) in [6, 6.07) is 2.70. The van der Waals surface area contributed by atoms with Crippen LogP contribution in [0.5, 0.6) is 0 Å². The molecule has 0 heterocycles. The molecule has 19 heavy (non-hydrogen) atoms. The first-order valence-corrected chi connectivity index (χ1v) is 7.28. The van der Waals surface area contributed by atoms with Gasteiger partial charge >= 0.3 is 0 Å². The predicted octanol–water partition coefficient (Wildman–Crippen LogP) is 3.18. The average molecular weight is 289 g/mol. The fraction of sp³-hybridized carbons (Fsp3) is 0.571.